The number of nitrogens with two attached hydrogens (primary N) is 1. The molecule has 0 radical (unpaired) electrons. The van der Waals surface area contributed by atoms with Gasteiger partial charge in [0.1, 0.15) is 5.82 Å². The molecule has 0 saturated carbocycles. The minimum atomic E-state index is -0.216. The fourth-order valence-corrected chi connectivity index (χ4v) is 3.24. The van der Waals surface area contributed by atoms with Gasteiger partial charge in [-0.15, -0.1) is 0 Å². The first kappa shape index (κ1) is 18.0. The zero-order valence-electron chi connectivity index (χ0n) is 16.2. The van der Waals surface area contributed by atoms with Gasteiger partial charge in [0, 0.05) is 17.8 Å². The molecule has 2 aromatic heterocycles. The smallest absolute Gasteiger partial charge is 0.277 e. The third-order valence-corrected chi connectivity index (χ3v) is 4.82. The van der Waals surface area contributed by atoms with Gasteiger partial charge in [0.05, 0.1) is 6.33 Å². The highest BCUT2D eigenvalue weighted by Crippen LogP contribution is 2.23. The Bertz CT molecular complexity index is 1200. The van der Waals surface area contributed by atoms with Crippen LogP contribution < -0.4 is 11.3 Å². The monoisotopic (exact) mass is 373 g/mol. The molecule has 2 heterocycles. The molecule has 2 aromatic carbocycles. The Labute approximate surface area is 163 Å². The summed E-state index contributed by atoms with van der Waals surface area (Å²) in [5.74, 6) is 0.463. The number of fused-ring (bicyclic) bond motifs is 1. The van der Waals surface area contributed by atoms with E-state index in [-0.39, 0.29) is 11.0 Å². The van der Waals surface area contributed by atoms with E-state index in [0.29, 0.717) is 29.2 Å². The van der Waals surface area contributed by atoms with Gasteiger partial charge < -0.3 is 15.3 Å². The van der Waals surface area contributed by atoms with Crippen LogP contribution in [0.5, 0.6) is 0 Å². The predicted octanol–water partition coefficient (Wildman–Crippen LogP) is 3.71. The van der Waals surface area contributed by atoms with Crippen LogP contribution in [-0.4, -0.2) is 19.5 Å². The van der Waals surface area contributed by atoms with Crippen LogP contribution in [0.1, 0.15) is 31.9 Å². The first-order valence-corrected chi connectivity index (χ1v) is 9.22. The Balaban J connectivity index is 1.69. The maximum atomic E-state index is 12.7. The van der Waals surface area contributed by atoms with E-state index >= 15 is 0 Å². The van der Waals surface area contributed by atoms with Gasteiger partial charge in [-0.25, -0.2) is 9.97 Å². The third-order valence-electron chi connectivity index (χ3n) is 4.82. The minimum absolute atomic E-state index is 0.110. The molecule has 0 aliphatic rings. The molecule has 3 N–H and O–H groups in total. The van der Waals surface area contributed by atoms with Crippen LogP contribution in [0, 0.1) is 0 Å². The van der Waals surface area contributed by atoms with Crippen LogP contribution in [0.3, 0.4) is 0 Å². The normalized spacial score (nSPS) is 11.8. The van der Waals surface area contributed by atoms with Gasteiger partial charge >= 0.3 is 0 Å². The van der Waals surface area contributed by atoms with E-state index in [0.717, 1.165) is 11.1 Å². The zero-order valence-corrected chi connectivity index (χ0v) is 16.2. The maximum absolute atomic E-state index is 12.7. The molecule has 0 bridgehead atoms. The van der Waals surface area contributed by atoms with Crippen molar-refractivity contribution in [2.24, 2.45) is 0 Å². The lowest BCUT2D eigenvalue weighted by Gasteiger charge is -2.19. The quantitative estimate of drug-likeness (QED) is 0.536. The van der Waals surface area contributed by atoms with Gasteiger partial charge in [-0.2, -0.15) is 0 Å². The van der Waals surface area contributed by atoms with E-state index < -0.39 is 0 Å². The Morgan fingerprint density at radius 2 is 1.86 bits per heavy atom. The Kier molecular flexibility index (Phi) is 4.26. The van der Waals surface area contributed by atoms with Gasteiger partial charge in [-0.05, 0) is 28.7 Å². The van der Waals surface area contributed by atoms with Crippen LogP contribution >= 0.6 is 0 Å². The number of nitrogens with zero attached hydrogens (tertiary/aromatic N) is 3. The van der Waals surface area contributed by atoms with E-state index in [9.17, 15) is 4.79 Å². The lowest BCUT2D eigenvalue weighted by Crippen LogP contribution is -2.14. The standard InChI is InChI=1S/C22H23N5O/c1-22(2,3)16-9-7-14(8-10-16)12-27-13-24-20-18(27)21(28)26-19(25-20)15-5-4-6-17(23)11-15/h4-11,13H,12,23H2,1-3H3,(H,25,26,28). The summed E-state index contributed by atoms with van der Waals surface area (Å²) < 4.78 is 1.83. The Morgan fingerprint density at radius 1 is 1.11 bits per heavy atom. The van der Waals surface area contributed by atoms with Crippen molar-refractivity contribution in [3.8, 4) is 11.4 Å². The molecule has 0 fully saturated rings. The summed E-state index contributed by atoms with van der Waals surface area (Å²) in [6.45, 7) is 7.13. The summed E-state index contributed by atoms with van der Waals surface area (Å²) in [6.07, 6.45) is 1.66. The molecule has 4 rings (SSSR count). The number of imidazole rings is 1. The second kappa shape index (κ2) is 6.64. The predicted molar refractivity (Wildman–Crippen MR) is 112 cm³/mol. The van der Waals surface area contributed by atoms with Crippen molar-refractivity contribution in [2.75, 3.05) is 5.73 Å². The fourth-order valence-electron chi connectivity index (χ4n) is 3.24. The summed E-state index contributed by atoms with van der Waals surface area (Å²) in [6, 6.07) is 15.7. The fraction of sp³-hybridized carbons (Fsp3) is 0.227. The molecule has 0 aliphatic heterocycles. The van der Waals surface area contributed by atoms with E-state index in [1.165, 1.54) is 5.56 Å². The number of rotatable bonds is 3. The van der Waals surface area contributed by atoms with Crippen LogP contribution in [0.2, 0.25) is 0 Å². The molecular weight excluding hydrogens is 350 g/mol. The summed E-state index contributed by atoms with van der Waals surface area (Å²) >= 11 is 0. The molecule has 6 nitrogen and oxygen atoms in total. The number of nitrogen functional groups attached to an aromatic ring is 1. The highest BCUT2D eigenvalue weighted by Gasteiger charge is 2.14. The van der Waals surface area contributed by atoms with Crippen molar-refractivity contribution in [3.63, 3.8) is 0 Å². The van der Waals surface area contributed by atoms with Crippen molar-refractivity contribution < 1.29 is 0 Å². The van der Waals surface area contributed by atoms with Crippen molar-refractivity contribution in [3.05, 3.63) is 76.3 Å². The topological polar surface area (TPSA) is 89.6 Å². The number of benzene rings is 2. The molecule has 28 heavy (non-hydrogen) atoms. The van der Waals surface area contributed by atoms with Crippen LogP contribution in [0.25, 0.3) is 22.6 Å². The third kappa shape index (κ3) is 3.41. The lowest BCUT2D eigenvalue weighted by atomic mass is 9.87. The molecular formula is C22H23N5O. The largest absolute Gasteiger partial charge is 0.399 e. The summed E-state index contributed by atoms with van der Waals surface area (Å²) in [5, 5.41) is 0. The zero-order chi connectivity index (χ0) is 19.9. The van der Waals surface area contributed by atoms with Crippen molar-refractivity contribution in [1.29, 1.82) is 0 Å². The number of anilines is 1. The highest BCUT2D eigenvalue weighted by molar-refractivity contribution is 5.73. The van der Waals surface area contributed by atoms with E-state index in [1.54, 1.807) is 18.5 Å². The molecule has 0 amide bonds. The van der Waals surface area contributed by atoms with Gasteiger partial charge in [0.2, 0.25) is 0 Å². The summed E-state index contributed by atoms with van der Waals surface area (Å²) in [7, 11) is 0. The number of aromatic amines is 1. The lowest BCUT2D eigenvalue weighted by molar-refractivity contribution is 0.590. The average Bonchev–Trinajstić information content (AvgIpc) is 3.05. The number of hydrogen-bond donors (Lipinski definition) is 2. The Hall–Kier alpha value is -3.41. The SMILES string of the molecule is CC(C)(C)c1ccc(Cn2cnc3nc(-c4cccc(N)c4)[nH]c(=O)c32)cc1. The second-order valence-corrected chi connectivity index (χ2v) is 8.03. The molecule has 6 heteroatoms. The second-order valence-electron chi connectivity index (χ2n) is 8.03. The molecule has 0 saturated heterocycles. The first-order valence-electron chi connectivity index (χ1n) is 9.22. The summed E-state index contributed by atoms with van der Waals surface area (Å²) in [4.78, 5) is 24.4. The van der Waals surface area contributed by atoms with E-state index in [4.69, 9.17) is 5.73 Å². The number of aromatic nitrogens is 4. The molecule has 0 aliphatic carbocycles. The van der Waals surface area contributed by atoms with E-state index in [2.05, 4.69) is 60.0 Å². The van der Waals surface area contributed by atoms with Crippen LogP contribution in [0.4, 0.5) is 5.69 Å². The summed E-state index contributed by atoms with van der Waals surface area (Å²) in [5.41, 5.74) is 10.4. The minimum Gasteiger partial charge on any atom is -0.399 e. The first-order chi connectivity index (χ1) is 13.3. The molecule has 0 unspecified atom stereocenters. The van der Waals surface area contributed by atoms with Gasteiger partial charge in [0.25, 0.3) is 5.56 Å². The Morgan fingerprint density at radius 3 is 2.54 bits per heavy atom. The van der Waals surface area contributed by atoms with Crippen molar-refractivity contribution in [2.45, 2.75) is 32.7 Å². The van der Waals surface area contributed by atoms with Gasteiger partial charge in [0.15, 0.2) is 11.2 Å². The van der Waals surface area contributed by atoms with Crippen molar-refractivity contribution in [1.82, 2.24) is 19.5 Å². The average molecular weight is 373 g/mol. The van der Waals surface area contributed by atoms with Gasteiger partial charge in [-0.1, -0.05) is 57.2 Å². The van der Waals surface area contributed by atoms with Crippen molar-refractivity contribution >= 4 is 16.9 Å². The number of hydrogen-bond acceptors (Lipinski definition) is 4. The molecule has 4 aromatic rings. The van der Waals surface area contributed by atoms with Crippen LogP contribution in [0.15, 0.2) is 59.7 Å². The maximum Gasteiger partial charge on any atom is 0.277 e. The number of H-pyrrole nitrogens is 1. The number of nitrogens with one attached hydrogen (secondary N) is 1. The molecule has 142 valence electrons. The molecule has 0 atom stereocenters. The van der Waals surface area contributed by atoms with E-state index in [1.807, 2.05) is 16.7 Å². The highest BCUT2D eigenvalue weighted by atomic mass is 16.1. The molecule has 0 spiro atoms. The van der Waals surface area contributed by atoms with Gasteiger partial charge in [-0.3, -0.25) is 4.79 Å². The van der Waals surface area contributed by atoms with Crippen LogP contribution in [-0.2, 0) is 12.0 Å².